The van der Waals surface area contributed by atoms with Crippen LogP contribution in [-0.4, -0.2) is 80.3 Å². The maximum atomic E-state index is 14.0. The summed E-state index contributed by atoms with van der Waals surface area (Å²) in [6.45, 7) is 3.25. The average molecular weight is 528 g/mol. The second-order valence-corrected chi connectivity index (χ2v) is 9.34. The van der Waals surface area contributed by atoms with E-state index in [2.05, 4.69) is 15.2 Å². The van der Waals surface area contributed by atoms with Crippen LogP contribution in [0.25, 0.3) is 0 Å². The zero-order valence-corrected chi connectivity index (χ0v) is 21.7. The number of carbonyl (C=O) groups is 2. The molecule has 0 radical (unpaired) electrons. The number of aromatic nitrogens is 1. The third kappa shape index (κ3) is 6.55. The van der Waals surface area contributed by atoms with Gasteiger partial charge in [0.15, 0.2) is 0 Å². The van der Waals surface area contributed by atoms with Gasteiger partial charge in [0.1, 0.15) is 22.3 Å². The van der Waals surface area contributed by atoms with Gasteiger partial charge >= 0.3 is 6.03 Å². The lowest BCUT2D eigenvalue weighted by molar-refractivity contribution is 0.0741. The van der Waals surface area contributed by atoms with Gasteiger partial charge in [-0.25, -0.2) is 14.2 Å². The molecule has 0 saturated carbocycles. The number of benzene rings is 2. The average Bonchev–Trinajstić information content (AvgIpc) is 3.40. The molecule has 0 atom stereocenters. The van der Waals surface area contributed by atoms with Crippen LogP contribution in [0.4, 0.5) is 20.6 Å². The minimum Gasteiger partial charge on any atom is -0.495 e. The van der Waals surface area contributed by atoms with Crippen molar-refractivity contribution in [2.24, 2.45) is 0 Å². The number of hydrogen-bond donors (Lipinski definition) is 1. The van der Waals surface area contributed by atoms with Crippen LogP contribution in [0.15, 0.2) is 53.9 Å². The third-order valence-corrected chi connectivity index (χ3v) is 6.89. The third-order valence-electron chi connectivity index (χ3n) is 6.06. The number of hydrogen-bond acceptors (Lipinski definition) is 7. The zero-order chi connectivity index (χ0) is 26.2. The molecule has 0 unspecified atom stereocenters. The van der Waals surface area contributed by atoms with Gasteiger partial charge in [0.05, 0.1) is 31.6 Å². The SMILES string of the molecule is COCCN(Cc1nc(C(=O)N2CCN(c3ccccc3OC)CC2)cs1)C(=O)Nc1ccccc1F. The zero-order valence-electron chi connectivity index (χ0n) is 20.9. The van der Waals surface area contributed by atoms with Gasteiger partial charge in [-0.15, -0.1) is 11.3 Å². The van der Waals surface area contributed by atoms with Crippen LogP contribution in [0, 0.1) is 5.82 Å². The largest absolute Gasteiger partial charge is 0.495 e. The van der Waals surface area contributed by atoms with E-state index in [1.54, 1.807) is 36.6 Å². The molecule has 3 aromatic rings. The number of carbonyl (C=O) groups excluding carboxylic acids is 2. The van der Waals surface area contributed by atoms with E-state index in [4.69, 9.17) is 9.47 Å². The maximum Gasteiger partial charge on any atom is 0.322 e. The monoisotopic (exact) mass is 527 g/mol. The molecule has 9 nitrogen and oxygen atoms in total. The summed E-state index contributed by atoms with van der Waals surface area (Å²) in [6, 6.07) is 13.3. The number of nitrogens with one attached hydrogen (secondary N) is 1. The molecule has 1 saturated heterocycles. The van der Waals surface area contributed by atoms with E-state index < -0.39 is 11.8 Å². The molecule has 196 valence electrons. The van der Waals surface area contributed by atoms with Crippen molar-refractivity contribution in [3.63, 3.8) is 0 Å². The van der Waals surface area contributed by atoms with Crippen LogP contribution < -0.4 is 15.0 Å². The number of halogens is 1. The minimum absolute atomic E-state index is 0.0946. The number of nitrogens with zero attached hydrogens (tertiary/aromatic N) is 4. The number of urea groups is 1. The fourth-order valence-electron chi connectivity index (χ4n) is 4.06. The lowest BCUT2D eigenvalue weighted by Crippen LogP contribution is -2.49. The Balaban J connectivity index is 1.37. The van der Waals surface area contributed by atoms with Crippen molar-refractivity contribution in [3.8, 4) is 5.75 Å². The number of anilines is 2. The van der Waals surface area contributed by atoms with Crippen molar-refractivity contribution >= 4 is 34.6 Å². The summed E-state index contributed by atoms with van der Waals surface area (Å²) in [5, 5.41) is 4.91. The molecule has 1 aliphatic rings. The lowest BCUT2D eigenvalue weighted by Gasteiger charge is -2.36. The Hall–Kier alpha value is -3.70. The van der Waals surface area contributed by atoms with Crippen molar-refractivity contribution in [2.45, 2.75) is 6.54 Å². The fourth-order valence-corrected chi connectivity index (χ4v) is 4.84. The summed E-state index contributed by atoms with van der Waals surface area (Å²) in [5.41, 5.74) is 1.46. The second-order valence-electron chi connectivity index (χ2n) is 8.40. The fraction of sp³-hybridized carbons (Fsp3) is 0.346. The van der Waals surface area contributed by atoms with Gasteiger partial charge in [0.2, 0.25) is 0 Å². The van der Waals surface area contributed by atoms with Crippen LogP contribution >= 0.6 is 11.3 Å². The highest BCUT2D eigenvalue weighted by Crippen LogP contribution is 2.28. The summed E-state index contributed by atoms with van der Waals surface area (Å²) >= 11 is 1.31. The highest BCUT2D eigenvalue weighted by Gasteiger charge is 2.26. The Bertz CT molecular complexity index is 1210. The summed E-state index contributed by atoms with van der Waals surface area (Å²) in [7, 11) is 3.19. The highest BCUT2D eigenvalue weighted by molar-refractivity contribution is 7.09. The number of rotatable bonds is 9. The van der Waals surface area contributed by atoms with Gasteiger partial charge in [-0.2, -0.15) is 0 Å². The lowest BCUT2D eigenvalue weighted by atomic mass is 10.2. The van der Waals surface area contributed by atoms with Crippen molar-refractivity contribution in [3.05, 3.63) is 70.4 Å². The first-order chi connectivity index (χ1) is 18.0. The maximum absolute atomic E-state index is 14.0. The van der Waals surface area contributed by atoms with E-state index in [1.165, 1.54) is 28.4 Å². The Morgan fingerprint density at radius 2 is 1.81 bits per heavy atom. The van der Waals surface area contributed by atoms with Gasteiger partial charge in [-0.1, -0.05) is 24.3 Å². The predicted octanol–water partition coefficient (Wildman–Crippen LogP) is 3.93. The van der Waals surface area contributed by atoms with Crippen LogP contribution in [0.5, 0.6) is 5.75 Å². The second kappa shape index (κ2) is 12.5. The van der Waals surface area contributed by atoms with E-state index >= 15 is 0 Å². The number of amides is 3. The van der Waals surface area contributed by atoms with E-state index in [0.717, 1.165) is 11.4 Å². The van der Waals surface area contributed by atoms with Crippen molar-refractivity contribution in [1.29, 1.82) is 0 Å². The minimum atomic E-state index is -0.518. The summed E-state index contributed by atoms with van der Waals surface area (Å²) < 4.78 is 24.6. The number of thiazole rings is 1. The van der Waals surface area contributed by atoms with E-state index in [1.807, 2.05) is 24.3 Å². The molecule has 1 N–H and O–H groups in total. The quantitative estimate of drug-likeness (QED) is 0.454. The van der Waals surface area contributed by atoms with E-state index in [0.29, 0.717) is 43.5 Å². The molecule has 3 amide bonds. The number of para-hydroxylation sites is 3. The molecule has 1 aliphatic heterocycles. The normalized spacial score (nSPS) is 13.4. The molecule has 0 bridgehead atoms. The van der Waals surface area contributed by atoms with Gasteiger partial charge in [-0.3, -0.25) is 4.79 Å². The van der Waals surface area contributed by atoms with Crippen molar-refractivity contribution in [1.82, 2.24) is 14.8 Å². The smallest absolute Gasteiger partial charge is 0.322 e. The molecule has 1 fully saturated rings. The molecule has 0 aliphatic carbocycles. The molecule has 37 heavy (non-hydrogen) atoms. The van der Waals surface area contributed by atoms with Crippen molar-refractivity contribution < 1.29 is 23.5 Å². The summed E-state index contributed by atoms with van der Waals surface area (Å²) in [5.74, 6) is 0.153. The standard InChI is InChI=1S/C26H30FN5O4S/c1-35-16-15-32(26(34)29-20-8-4-3-7-19(20)27)17-24-28-21(18-37-24)25(33)31-13-11-30(12-14-31)22-9-5-6-10-23(22)36-2/h3-10,18H,11-17H2,1-2H3,(H,29,34). The molecule has 4 rings (SSSR count). The first-order valence-electron chi connectivity index (χ1n) is 11.9. The molecular weight excluding hydrogens is 497 g/mol. The Labute approximate surface area is 219 Å². The molecule has 1 aromatic heterocycles. The van der Waals surface area contributed by atoms with E-state index in [-0.39, 0.29) is 24.7 Å². The Morgan fingerprint density at radius 1 is 1.08 bits per heavy atom. The number of piperazine rings is 1. The molecular formula is C26H30FN5O4S. The van der Waals surface area contributed by atoms with Crippen LogP contribution in [0.3, 0.4) is 0 Å². The number of methoxy groups -OCH3 is 2. The van der Waals surface area contributed by atoms with Gasteiger partial charge in [-0.05, 0) is 24.3 Å². The molecule has 11 heteroatoms. The van der Waals surface area contributed by atoms with Gasteiger partial charge < -0.3 is 29.5 Å². The topological polar surface area (TPSA) is 87.2 Å². The molecule has 2 aromatic carbocycles. The number of ether oxygens (including phenoxy) is 2. The van der Waals surface area contributed by atoms with E-state index in [9.17, 15) is 14.0 Å². The summed E-state index contributed by atoms with van der Waals surface area (Å²) in [4.78, 5) is 35.9. The Morgan fingerprint density at radius 3 is 2.54 bits per heavy atom. The molecule has 2 heterocycles. The molecule has 0 spiro atoms. The van der Waals surface area contributed by atoms with Crippen LogP contribution in [-0.2, 0) is 11.3 Å². The van der Waals surface area contributed by atoms with Gasteiger partial charge in [0.25, 0.3) is 5.91 Å². The first kappa shape index (κ1) is 26.4. The first-order valence-corrected chi connectivity index (χ1v) is 12.8. The predicted molar refractivity (Wildman–Crippen MR) is 141 cm³/mol. The van der Waals surface area contributed by atoms with Gasteiger partial charge in [0, 0.05) is 45.2 Å². The van der Waals surface area contributed by atoms with Crippen molar-refractivity contribution in [2.75, 3.05) is 63.8 Å². The van der Waals surface area contributed by atoms with Crippen LogP contribution in [0.1, 0.15) is 15.5 Å². The van der Waals surface area contributed by atoms with Crippen LogP contribution in [0.2, 0.25) is 0 Å². The summed E-state index contributed by atoms with van der Waals surface area (Å²) in [6.07, 6.45) is 0. The highest BCUT2D eigenvalue weighted by atomic mass is 32.1. The Kier molecular flexibility index (Phi) is 8.91.